The number of fused-ring (bicyclic) bond motifs is 6. The normalized spacial score (nSPS) is 13.5. The fraction of sp³-hybridized carbons (Fsp3) is 0.493. The molecule has 0 amide bonds. The van der Waals surface area contributed by atoms with E-state index in [-0.39, 0.29) is 43.3 Å². The lowest BCUT2D eigenvalue weighted by Gasteiger charge is -2.27. The van der Waals surface area contributed by atoms with Gasteiger partial charge in [0, 0.05) is 68.3 Å². The van der Waals surface area contributed by atoms with Gasteiger partial charge in [-0.05, 0) is 121 Å². The van der Waals surface area contributed by atoms with E-state index in [0.29, 0.717) is 13.1 Å². The van der Waals surface area contributed by atoms with Crippen molar-refractivity contribution in [1.82, 2.24) is 0 Å². The molecule has 0 saturated carbocycles. The van der Waals surface area contributed by atoms with Gasteiger partial charge in [-0.25, -0.2) is 0 Å². The third-order valence-corrected chi connectivity index (χ3v) is 18.6. The predicted octanol–water partition coefficient (Wildman–Crippen LogP) is 22.9. The summed E-state index contributed by atoms with van der Waals surface area (Å²) < 4.78 is 35.6. The van der Waals surface area contributed by atoms with Gasteiger partial charge in [-0.3, -0.25) is 9.34 Å². The van der Waals surface area contributed by atoms with Gasteiger partial charge in [0.05, 0.1) is 0 Å². The lowest BCUT2D eigenvalue weighted by Crippen LogP contribution is -2.22. The second-order valence-corrected chi connectivity index (χ2v) is 33.4. The quantitative estimate of drug-likeness (QED) is 0.151. The Morgan fingerprint density at radius 3 is 0.696 bits per heavy atom. The van der Waals surface area contributed by atoms with Crippen LogP contribution in [0.5, 0.6) is 0 Å². The van der Waals surface area contributed by atoms with E-state index < -0.39 is 16.3 Å². The molecule has 8 heteroatoms. The number of para-hydroxylation sites is 2. The SMILES string of the molecule is CC(C)(C)c1cc(C(C)(C)C)c2op(N(CCCN(c3ccccc3)p3oc4c(C(C)(C)C)cc(C(C)(C)C)cc4c4cc(C(C)(C)C)cc(C(C)(C)C)c4o3)c3ccccc3)oc3c(C(C)(C)C)cc(C(C)(C)C)cc3c2c1. The molecule has 6 nitrogen and oxygen atoms in total. The first-order chi connectivity index (χ1) is 36.2. The molecule has 0 saturated heterocycles. The number of benzene rings is 6. The Bertz CT molecular complexity index is 3180. The van der Waals surface area contributed by atoms with Crippen LogP contribution in [0, 0.1) is 0 Å². The average molecular weight is 1100 g/mol. The highest BCUT2D eigenvalue weighted by Gasteiger charge is 2.33. The minimum absolute atomic E-state index is 0.105. The fourth-order valence-electron chi connectivity index (χ4n) is 10.4. The lowest BCUT2D eigenvalue weighted by atomic mass is 9.77. The summed E-state index contributed by atoms with van der Waals surface area (Å²) in [6, 6.07) is 40.7. The molecule has 0 fully saturated rings. The van der Waals surface area contributed by atoms with Gasteiger partial charge in [0.25, 0.3) is 0 Å². The molecule has 0 aliphatic carbocycles. The maximum atomic E-state index is 7.69. The van der Waals surface area contributed by atoms with Crippen LogP contribution in [0.1, 0.15) is 217 Å². The fourth-order valence-corrected chi connectivity index (χ4v) is 13.5. The van der Waals surface area contributed by atoms with Gasteiger partial charge in [-0.2, -0.15) is 0 Å². The molecule has 79 heavy (non-hydrogen) atoms. The summed E-state index contributed by atoms with van der Waals surface area (Å²) in [7, 11) is -3.58. The first-order valence-corrected chi connectivity index (χ1v) is 31.2. The minimum atomic E-state index is -1.79. The van der Waals surface area contributed by atoms with Gasteiger partial charge in [-0.1, -0.05) is 227 Å². The van der Waals surface area contributed by atoms with E-state index in [1.165, 1.54) is 44.5 Å². The molecule has 424 valence electrons. The number of rotatable bonds is 8. The first-order valence-electron chi connectivity index (χ1n) is 29.0. The van der Waals surface area contributed by atoms with Crippen molar-refractivity contribution in [2.24, 2.45) is 0 Å². The molecule has 0 N–H and O–H groups in total. The molecule has 0 aliphatic rings. The highest BCUT2D eigenvalue weighted by atomic mass is 31.1. The topological polar surface area (TPSA) is 59.0 Å². The van der Waals surface area contributed by atoms with E-state index in [0.717, 1.165) is 61.7 Å². The largest absolute Gasteiger partial charge is 0.403 e. The second kappa shape index (κ2) is 20.9. The minimum Gasteiger partial charge on any atom is -0.403 e. The predicted molar refractivity (Wildman–Crippen MR) is 345 cm³/mol. The molecule has 8 aromatic rings. The zero-order valence-electron chi connectivity index (χ0n) is 52.9. The third-order valence-electron chi connectivity index (χ3n) is 15.6. The van der Waals surface area contributed by atoms with Crippen LogP contribution in [0.25, 0.3) is 43.9 Å². The molecule has 0 atom stereocenters. The number of anilines is 2. The van der Waals surface area contributed by atoms with E-state index >= 15 is 0 Å². The molecule has 0 aliphatic heterocycles. The zero-order chi connectivity index (χ0) is 58.4. The monoisotopic (exact) mass is 1100 g/mol. The van der Waals surface area contributed by atoms with Gasteiger partial charge in [0.2, 0.25) is 0 Å². The van der Waals surface area contributed by atoms with E-state index in [1.807, 2.05) is 0 Å². The van der Waals surface area contributed by atoms with E-state index in [1.54, 1.807) is 0 Å². The van der Waals surface area contributed by atoms with Crippen molar-refractivity contribution in [2.45, 2.75) is 216 Å². The van der Waals surface area contributed by atoms with Crippen molar-refractivity contribution in [3.05, 3.63) is 154 Å². The molecular weight excluding hydrogens is 1010 g/mol. The number of hydrogen-bond donors (Lipinski definition) is 0. The van der Waals surface area contributed by atoms with Crippen molar-refractivity contribution in [3.63, 3.8) is 0 Å². The third kappa shape index (κ3) is 12.8. The van der Waals surface area contributed by atoms with Crippen LogP contribution in [0.3, 0.4) is 0 Å². The molecule has 0 spiro atoms. The first kappa shape index (κ1) is 59.8. The van der Waals surface area contributed by atoms with Crippen LogP contribution in [0.2, 0.25) is 0 Å². The summed E-state index contributed by atoms with van der Waals surface area (Å²) in [5.74, 6) is 0. The van der Waals surface area contributed by atoms with Crippen LogP contribution < -0.4 is 9.34 Å². The molecule has 2 heterocycles. The van der Waals surface area contributed by atoms with E-state index in [4.69, 9.17) is 16.8 Å². The Morgan fingerprint density at radius 2 is 0.506 bits per heavy atom. The molecular formula is C71H96N2O4P2. The van der Waals surface area contributed by atoms with Gasteiger partial charge >= 0.3 is 16.3 Å². The Labute approximate surface area is 478 Å². The van der Waals surface area contributed by atoms with Crippen LogP contribution in [-0.4, -0.2) is 13.1 Å². The van der Waals surface area contributed by atoms with Crippen molar-refractivity contribution in [2.75, 3.05) is 22.4 Å². The zero-order valence-corrected chi connectivity index (χ0v) is 54.7. The van der Waals surface area contributed by atoms with Crippen LogP contribution in [-0.2, 0) is 43.3 Å². The molecule has 8 rings (SSSR count). The smallest absolute Gasteiger partial charge is 0.341 e. The lowest BCUT2D eigenvalue weighted by molar-refractivity contribution is 0.553. The molecule has 2 aromatic heterocycles. The van der Waals surface area contributed by atoms with Gasteiger partial charge in [-0.15, -0.1) is 0 Å². The average Bonchev–Trinajstić information content (AvgIpc) is 3.72. The Morgan fingerprint density at radius 1 is 0.291 bits per heavy atom. The summed E-state index contributed by atoms with van der Waals surface area (Å²) in [6.07, 6.45) is 0.731. The van der Waals surface area contributed by atoms with Gasteiger partial charge in [0.15, 0.2) is 0 Å². The maximum Gasteiger partial charge on any atom is 0.341 e. The van der Waals surface area contributed by atoms with E-state index in [2.05, 4.69) is 285 Å². The maximum absolute atomic E-state index is 7.69. The highest BCUT2D eigenvalue weighted by molar-refractivity contribution is 7.40. The summed E-state index contributed by atoms with van der Waals surface area (Å²) >= 11 is 0. The second-order valence-electron chi connectivity index (χ2n) is 30.7. The van der Waals surface area contributed by atoms with Crippen LogP contribution >= 0.6 is 16.3 Å². The van der Waals surface area contributed by atoms with Gasteiger partial charge in [0.1, 0.15) is 22.3 Å². The van der Waals surface area contributed by atoms with E-state index in [9.17, 15) is 0 Å². The number of hydrogen-bond acceptors (Lipinski definition) is 6. The Kier molecular flexibility index (Phi) is 15.8. The van der Waals surface area contributed by atoms with Crippen molar-refractivity contribution in [3.8, 4) is 0 Å². The van der Waals surface area contributed by atoms with Crippen LogP contribution in [0.15, 0.2) is 126 Å². The summed E-state index contributed by atoms with van der Waals surface area (Å²) in [4.78, 5) is 0. The Balaban J connectivity index is 1.43. The van der Waals surface area contributed by atoms with Gasteiger partial charge < -0.3 is 16.8 Å². The van der Waals surface area contributed by atoms with Crippen molar-refractivity contribution >= 4 is 71.6 Å². The number of nitrogens with zero attached hydrogens (tertiary/aromatic N) is 2. The van der Waals surface area contributed by atoms with Crippen molar-refractivity contribution < 1.29 is 16.8 Å². The summed E-state index contributed by atoms with van der Waals surface area (Å²) in [5, 5.41) is 4.38. The standard InChI is InChI=1S/C71H96N2O4P2/c1-64(2,3)46-38-52-53-39-47(65(4,5)6)43-57(69(16,17)18)61(53)75-78(74-60(52)56(42-46)68(13,14)15)72(50-32-27-25-28-33-50)36-31-37-73(51-34-29-26-30-35-51)79-76-62-54(40-48(66(7,8)9)44-58(62)70(19,20)21)55-41-49(67(10,11)12)45-59(63(55)77-79)71(22,23)24/h25-30,32-35,38-45H,31,36-37H2,1-24H3. The molecule has 0 radical (unpaired) electrons. The molecule has 0 unspecified atom stereocenters. The Hall–Kier alpha value is -5.28. The van der Waals surface area contributed by atoms with Crippen LogP contribution in [0.4, 0.5) is 11.4 Å². The summed E-state index contributed by atoms with van der Waals surface area (Å²) in [5.41, 5.74) is 14.2. The highest BCUT2D eigenvalue weighted by Crippen LogP contribution is 2.51. The van der Waals surface area contributed by atoms with Crippen molar-refractivity contribution in [1.29, 1.82) is 0 Å². The molecule has 0 bridgehead atoms. The summed E-state index contributed by atoms with van der Waals surface area (Å²) in [6.45, 7) is 56.7. The molecule has 6 aromatic carbocycles.